The second-order valence-corrected chi connectivity index (χ2v) is 7.49. The number of nitrogens with zero attached hydrogens (tertiary/aromatic N) is 3. The Kier molecular flexibility index (Phi) is 5.23. The fourth-order valence-corrected chi connectivity index (χ4v) is 4.25. The average Bonchev–Trinajstić information content (AvgIpc) is 3.01. The number of carbonyl (C=O) groups excluding carboxylic acids is 1. The van der Waals surface area contributed by atoms with Crippen molar-refractivity contribution in [1.29, 1.82) is 0 Å². The Labute approximate surface area is 146 Å². The summed E-state index contributed by atoms with van der Waals surface area (Å²) in [5.41, 5.74) is 0.999. The van der Waals surface area contributed by atoms with Crippen molar-refractivity contribution in [3.8, 4) is 17.1 Å². The summed E-state index contributed by atoms with van der Waals surface area (Å²) >= 11 is 1.57. The van der Waals surface area contributed by atoms with Gasteiger partial charge in [-0.3, -0.25) is 9.36 Å². The van der Waals surface area contributed by atoms with Gasteiger partial charge in [-0.2, -0.15) is 0 Å². The Morgan fingerprint density at radius 2 is 1.96 bits per heavy atom. The molecular weight excluding hydrogens is 322 g/mol. The molecule has 0 saturated heterocycles. The molecule has 6 heteroatoms. The number of aromatic nitrogens is 3. The number of ether oxygens (including phenoxy) is 1. The van der Waals surface area contributed by atoms with Gasteiger partial charge in [0.1, 0.15) is 11.5 Å². The third kappa shape index (κ3) is 3.48. The minimum Gasteiger partial charge on any atom is -0.497 e. The van der Waals surface area contributed by atoms with Gasteiger partial charge in [0.05, 0.1) is 12.4 Å². The number of methoxy groups -OCH3 is 1. The predicted octanol–water partition coefficient (Wildman–Crippen LogP) is 4.14. The number of benzene rings is 1. The molecule has 3 rings (SSSR count). The number of ketones is 1. The lowest BCUT2D eigenvalue weighted by molar-refractivity contribution is -0.119. The number of hydrogen-bond donors (Lipinski definition) is 0. The van der Waals surface area contributed by atoms with Crippen LogP contribution in [0, 0.1) is 0 Å². The van der Waals surface area contributed by atoms with Crippen LogP contribution >= 0.6 is 11.8 Å². The quantitative estimate of drug-likeness (QED) is 0.815. The first-order chi connectivity index (χ1) is 11.6. The summed E-state index contributed by atoms with van der Waals surface area (Å²) < 4.78 is 7.34. The normalized spacial score (nSPS) is 18.2. The van der Waals surface area contributed by atoms with Gasteiger partial charge in [-0.15, -0.1) is 10.2 Å². The molecule has 24 heavy (non-hydrogen) atoms. The Balaban J connectivity index is 1.90. The van der Waals surface area contributed by atoms with Crippen LogP contribution in [-0.4, -0.2) is 32.9 Å². The maximum absolute atomic E-state index is 12.1. The molecule has 0 aliphatic heterocycles. The monoisotopic (exact) mass is 345 g/mol. The lowest BCUT2D eigenvalue weighted by Crippen LogP contribution is -2.22. The van der Waals surface area contributed by atoms with Gasteiger partial charge >= 0.3 is 0 Å². The Bertz CT molecular complexity index is 710. The summed E-state index contributed by atoms with van der Waals surface area (Å²) in [4.78, 5) is 12.1. The van der Waals surface area contributed by atoms with Gasteiger partial charge in [0.15, 0.2) is 11.0 Å². The van der Waals surface area contributed by atoms with Crippen LogP contribution in [0.25, 0.3) is 11.4 Å². The van der Waals surface area contributed by atoms with E-state index in [-0.39, 0.29) is 11.3 Å². The van der Waals surface area contributed by atoms with E-state index in [1.165, 1.54) is 0 Å². The van der Waals surface area contributed by atoms with E-state index in [0.29, 0.717) is 12.2 Å². The van der Waals surface area contributed by atoms with Gasteiger partial charge in [0.2, 0.25) is 0 Å². The van der Waals surface area contributed by atoms with Crippen LogP contribution in [-0.2, 0) is 4.79 Å². The number of Topliss-reactive ketones (excluding diaryl/α,β-unsaturated/α-hetero) is 1. The summed E-state index contributed by atoms with van der Waals surface area (Å²) in [6.45, 7) is 4.23. The van der Waals surface area contributed by atoms with Gasteiger partial charge in [0, 0.05) is 18.0 Å². The van der Waals surface area contributed by atoms with Gasteiger partial charge in [-0.1, -0.05) is 18.2 Å². The number of hydrogen-bond acceptors (Lipinski definition) is 5. The highest BCUT2D eigenvalue weighted by Gasteiger charge is 2.27. The van der Waals surface area contributed by atoms with E-state index < -0.39 is 0 Å². The molecule has 2 aromatic rings. The summed E-state index contributed by atoms with van der Waals surface area (Å²) in [6, 6.07) is 8.04. The van der Waals surface area contributed by atoms with Crippen molar-refractivity contribution in [1.82, 2.24) is 14.8 Å². The van der Waals surface area contributed by atoms with Crippen LogP contribution in [0.4, 0.5) is 0 Å². The third-order valence-electron chi connectivity index (χ3n) is 4.28. The van der Waals surface area contributed by atoms with Crippen LogP contribution in [0.3, 0.4) is 0 Å². The van der Waals surface area contributed by atoms with Gasteiger partial charge < -0.3 is 4.74 Å². The van der Waals surface area contributed by atoms with E-state index in [4.69, 9.17) is 4.74 Å². The van der Waals surface area contributed by atoms with E-state index in [0.717, 1.165) is 41.6 Å². The van der Waals surface area contributed by atoms with Crippen molar-refractivity contribution in [3.63, 3.8) is 0 Å². The second kappa shape index (κ2) is 7.38. The molecule has 128 valence electrons. The van der Waals surface area contributed by atoms with Gasteiger partial charge in [-0.05, 0) is 51.0 Å². The summed E-state index contributed by atoms with van der Waals surface area (Å²) in [7, 11) is 1.65. The van der Waals surface area contributed by atoms with Crippen molar-refractivity contribution in [2.24, 2.45) is 0 Å². The molecule has 0 radical (unpaired) electrons. The topological polar surface area (TPSA) is 57.0 Å². The maximum atomic E-state index is 12.1. The van der Waals surface area contributed by atoms with Crippen molar-refractivity contribution >= 4 is 17.5 Å². The molecule has 1 saturated carbocycles. The van der Waals surface area contributed by atoms with Crippen molar-refractivity contribution in [2.45, 2.75) is 56.0 Å². The highest BCUT2D eigenvalue weighted by atomic mass is 32.2. The highest BCUT2D eigenvalue weighted by molar-refractivity contribution is 8.00. The fourth-order valence-electron chi connectivity index (χ4n) is 2.96. The zero-order valence-corrected chi connectivity index (χ0v) is 15.2. The smallest absolute Gasteiger partial charge is 0.192 e. The molecule has 1 atom stereocenters. The lowest BCUT2D eigenvalue weighted by Gasteiger charge is -2.21. The Morgan fingerprint density at radius 1 is 1.21 bits per heavy atom. The van der Waals surface area contributed by atoms with Gasteiger partial charge in [0.25, 0.3) is 0 Å². The predicted molar refractivity (Wildman–Crippen MR) is 95.5 cm³/mol. The number of carbonyl (C=O) groups is 1. The maximum Gasteiger partial charge on any atom is 0.192 e. The Hall–Kier alpha value is -1.82. The molecule has 0 spiro atoms. The summed E-state index contributed by atoms with van der Waals surface area (Å²) in [5, 5.41) is 9.62. The average molecular weight is 345 g/mol. The number of rotatable bonds is 5. The molecule has 1 aliphatic carbocycles. The van der Waals surface area contributed by atoms with E-state index in [1.807, 2.05) is 24.3 Å². The van der Waals surface area contributed by atoms with Crippen molar-refractivity contribution in [2.75, 3.05) is 7.11 Å². The fraction of sp³-hybridized carbons (Fsp3) is 0.500. The van der Waals surface area contributed by atoms with Crippen LogP contribution in [0.15, 0.2) is 29.4 Å². The lowest BCUT2D eigenvalue weighted by atomic mass is 9.99. The van der Waals surface area contributed by atoms with E-state index in [1.54, 1.807) is 18.9 Å². The molecular formula is C18H23N3O2S. The highest BCUT2D eigenvalue weighted by Crippen LogP contribution is 2.34. The minimum absolute atomic E-state index is 0.0177. The van der Waals surface area contributed by atoms with Crippen molar-refractivity contribution < 1.29 is 9.53 Å². The van der Waals surface area contributed by atoms with Crippen LogP contribution < -0.4 is 4.74 Å². The van der Waals surface area contributed by atoms with E-state index >= 15 is 0 Å². The first kappa shape index (κ1) is 17.0. The first-order valence-electron chi connectivity index (χ1n) is 8.39. The molecule has 1 aromatic carbocycles. The molecule has 0 amide bonds. The molecule has 0 unspecified atom stereocenters. The van der Waals surface area contributed by atoms with E-state index in [9.17, 15) is 4.79 Å². The molecule has 0 bridgehead atoms. The molecule has 1 heterocycles. The van der Waals surface area contributed by atoms with E-state index in [2.05, 4.69) is 28.6 Å². The summed E-state index contributed by atoms with van der Waals surface area (Å²) in [5.74, 6) is 1.99. The Morgan fingerprint density at radius 3 is 2.58 bits per heavy atom. The van der Waals surface area contributed by atoms with Crippen molar-refractivity contribution in [3.05, 3.63) is 24.3 Å². The van der Waals surface area contributed by atoms with Crippen LogP contribution in [0.1, 0.15) is 45.6 Å². The standard InChI is InChI=1S/C18H23N3O2S/c1-12(2)21-17(13-8-10-14(23-3)11-9-13)19-20-18(21)24-16-7-5-4-6-15(16)22/h8-12,16H,4-7H2,1-3H3/t16-/m0/s1. The molecule has 1 fully saturated rings. The third-order valence-corrected chi connectivity index (χ3v) is 5.55. The second-order valence-electron chi connectivity index (χ2n) is 6.32. The van der Waals surface area contributed by atoms with Gasteiger partial charge in [-0.25, -0.2) is 0 Å². The zero-order chi connectivity index (χ0) is 17.1. The molecule has 5 nitrogen and oxygen atoms in total. The largest absolute Gasteiger partial charge is 0.497 e. The van der Waals surface area contributed by atoms with Crippen LogP contribution in [0.2, 0.25) is 0 Å². The van der Waals surface area contributed by atoms with Crippen LogP contribution in [0.5, 0.6) is 5.75 Å². The summed E-state index contributed by atoms with van der Waals surface area (Å²) in [6.07, 6.45) is 3.76. The molecule has 1 aliphatic rings. The SMILES string of the molecule is COc1ccc(-c2nnc(S[C@H]3CCCCC3=O)n2C(C)C)cc1. The minimum atomic E-state index is 0.0177. The molecule has 1 aromatic heterocycles. The zero-order valence-electron chi connectivity index (χ0n) is 14.4. The number of thioether (sulfide) groups is 1. The first-order valence-corrected chi connectivity index (χ1v) is 9.27. The molecule has 0 N–H and O–H groups in total.